The van der Waals surface area contributed by atoms with Crippen molar-refractivity contribution < 1.29 is 5.11 Å². The fraction of sp³-hybridized carbons (Fsp3) is 0.273. The topological polar surface area (TPSA) is 76.9 Å². The predicted octanol–water partition coefficient (Wildman–Crippen LogP) is 5.04. The van der Waals surface area contributed by atoms with Crippen LogP contribution in [0.4, 0.5) is 0 Å². The Kier molecular flexibility index (Phi) is 5.52. The van der Waals surface area contributed by atoms with Crippen molar-refractivity contribution in [1.82, 2.24) is 4.98 Å². The van der Waals surface area contributed by atoms with E-state index in [-0.39, 0.29) is 11.3 Å². The van der Waals surface area contributed by atoms with E-state index < -0.39 is 0 Å². The van der Waals surface area contributed by atoms with Crippen molar-refractivity contribution >= 4 is 16.5 Å². The van der Waals surface area contributed by atoms with Crippen molar-refractivity contribution in [3.63, 3.8) is 0 Å². The third-order valence-corrected chi connectivity index (χ3v) is 4.66. The number of nitrogens with one attached hydrogen (secondary N) is 2. The van der Waals surface area contributed by atoms with E-state index in [1.54, 1.807) is 24.4 Å². The van der Waals surface area contributed by atoms with Gasteiger partial charge in [-0.1, -0.05) is 43.7 Å². The first kappa shape index (κ1) is 17.9. The number of phenols is 1. The number of hydrogen-bond acceptors (Lipinski definition) is 3. The first-order valence-electron chi connectivity index (χ1n) is 9.09. The average molecular weight is 348 g/mol. The van der Waals surface area contributed by atoms with Crippen LogP contribution < -0.4 is 5.56 Å². The third-order valence-electron chi connectivity index (χ3n) is 4.66. The number of rotatable bonds is 7. The molecule has 0 aliphatic heterocycles. The minimum Gasteiger partial charge on any atom is -0.507 e. The molecule has 0 radical (unpaired) electrons. The second-order valence-corrected chi connectivity index (χ2v) is 6.64. The number of phenolic OH excluding ortho intramolecular Hbond substituents is 1. The van der Waals surface area contributed by atoms with Crippen LogP contribution in [0.3, 0.4) is 0 Å². The summed E-state index contributed by atoms with van der Waals surface area (Å²) in [5.41, 5.74) is 3.63. The van der Waals surface area contributed by atoms with E-state index in [1.807, 2.05) is 12.1 Å². The average Bonchev–Trinajstić information content (AvgIpc) is 2.64. The molecule has 3 N–H and O–H groups in total. The minimum atomic E-state index is -0.203. The SMILES string of the molecule is CCCC(=N)CCCc1ccc(-c2c[nH]c(=O)c3cccc(O)c23)cc1. The van der Waals surface area contributed by atoms with Gasteiger partial charge in [0.15, 0.2) is 0 Å². The van der Waals surface area contributed by atoms with Crippen LogP contribution >= 0.6 is 0 Å². The molecule has 3 aromatic rings. The van der Waals surface area contributed by atoms with Gasteiger partial charge < -0.3 is 15.5 Å². The third kappa shape index (κ3) is 3.85. The predicted molar refractivity (Wildman–Crippen MR) is 107 cm³/mol. The Morgan fingerprint density at radius 3 is 2.62 bits per heavy atom. The summed E-state index contributed by atoms with van der Waals surface area (Å²) in [6, 6.07) is 13.2. The highest BCUT2D eigenvalue weighted by atomic mass is 16.3. The second-order valence-electron chi connectivity index (χ2n) is 6.64. The molecule has 3 rings (SSSR count). The molecule has 0 fully saturated rings. The highest BCUT2D eigenvalue weighted by Gasteiger charge is 2.10. The molecule has 4 heteroatoms. The molecule has 0 spiro atoms. The summed E-state index contributed by atoms with van der Waals surface area (Å²) in [6.45, 7) is 2.10. The Morgan fingerprint density at radius 2 is 1.88 bits per heavy atom. The van der Waals surface area contributed by atoms with Gasteiger partial charge in [-0.2, -0.15) is 0 Å². The lowest BCUT2D eigenvalue weighted by Gasteiger charge is -2.09. The summed E-state index contributed by atoms with van der Waals surface area (Å²) in [5.74, 6) is 0.113. The first-order chi connectivity index (χ1) is 12.6. The Morgan fingerprint density at radius 1 is 1.12 bits per heavy atom. The van der Waals surface area contributed by atoms with Crippen LogP contribution in [0.25, 0.3) is 21.9 Å². The number of pyridine rings is 1. The van der Waals surface area contributed by atoms with E-state index in [4.69, 9.17) is 5.41 Å². The summed E-state index contributed by atoms with van der Waals surface area (Å²) in [6.07, 6.45) is 6.37. The van der Waals surface area contributed by atoms with Crippen molar-refractivity contribution in [3.8, 4) is 16.9 Å². The van der Waals surface area contributed by atoms with Crippen molar-refractivity contribution in [2.24, 2.45) is 0 Å². The Labute approximate surface area is 153 Å². The largest absolute Gasteiger partial charge is 0.507 e. The number of fused-ring (bicyclic) bond motifs is 1. The van der Waals surface area contributed by atoms with Gasteiger partial charge in [0.05, 0.1) is 5.39 Å². The van der Waals surface area contributed by atoms with Gasteiger partial charge in [0, 0.05) is 22.9 Å². The van der Waals surface area contributed by atoms with Gasteiger partial charge in [-0.3, -0.25) is 4.79 Å². The molecule has 0 aliphatic carbocycles. The van der Waals surface area contributed by atoms with Crippen molar-refractivity contribution in [3.05, 3.63) is 64.6 Å². The van der Waals surface area contributed by atoms with Crippen LogP contribution in [0.2, 0.25) is 0 Å². The minimum absolute atomic E-state index is 0.113. The number of aromatic amines is 1. The first-order valence-corrected chi connectivity index (χ1v) is 9.09. The zero-order valence-electron chi connectivity index (χ0n) is 15.0. The molecule has 2 aromatic carbocycles. The second kappa shape index (κ2) is 8.00. The van der Waals surface area contributed by atoms with Crippen LogP contribution in [0.15, 0.2) is 53.5 Å². The van der Waals surface area contributed by atoms with Gasteiger partial charge >= 0.3 is 0 Å². The monoisotopic (exact) mass is 348 g/mol. The molecule has 0 bridgehead atoms. The number of hydrogen-bond donors (Lipinski definition) is 3. The molecule has 0 amide bonds. The van der Waals surface area contributed by atoms with E-state index in [1.165, 1.54) is 5.56 Å². The zero-order valence-corrected chi connectivity index (χ0v) is 15.0. The van der Waals surface area contributed by atoms with Crippen molar-refractivity contribution in [2.45, 2.75) is 39.0 Å². The van der Waals surface area contributed by atoms with Crippen LogP contribution in [-0.4, -0.2) is 15.8 Å². The molecule has 1 aromatic heterocycles. The normalized spacial score (nSPS) is 11.0. The van der Waals surface area contributed by atoms with Gasteiger partial charge in [0.2, 0.25) is 0 Å². The molecule has 0 saturated carbocycles. The number of aromatic nitrogens is 1. The summed E-state index contributed by atoms with van der Waals surface area (Å²) >= 11 is 0. The summed E-state index contributed by atoms with van der Waals surface area (Å²) < 4.78 is 0. The smallest absolute Gasteiger partial charge is 0.255 e. The quantitative estimate of drug-likeness (QED) is 0.523. The van der Waals surface area contributed by atoms with Gasteiger partial charge in [-0.25, -0.2) is 0 Å². The maximum Gasteiger partial charge on any atom is 0.255 e. The molecule has 4 nitrogen and oxygen atoms in total. The lowest BCUT2D eigenvalue weighted by molar-refractivity contribution is 0.481. The Balaban J connectivity index is 1.81. The zero-order chi connectivity index (χ0) is 18.5. The molecular formula is C22H24N2O2. The lowest BCUT2D eigenvalue weighted by atomic mass is 9.97. The summed E-state index contributed by atoms with van der Waals surface area (Å²) in [4.78, 5) is 14.8. The summed E-state index contributed by atoms with van der Waals surface area (Å²) in [5, 5.41) is 19.2. The van der Waals surface area contributed by atoms with E-state index in [0.717, 1.165) is 48.9 Å². The molecule has 26 heavy (non-hydrogen) atoms. The van der Waals surface area contributed by atoms with E-state index >= 15 is 0 Å². The van der Waals surface area contributed by atoms with E-state index in [0.29, 0.717) is 10.8 Å². The number of aromatic hydroxyl groups is 1. The van der Waals surface area contributed by atoms with Gasteiger partial charge in [-0.05, 0) is 48.9 Å². The Bertz CT molecular complexity index is 972. The fourth-order valence-electron chi connectivity index (χ4n) is 3.31. The fourth-order valence-corrected chi connectivity index (χ4v) is 3.31. The van der Waals surface area contributed by atoms with Crippen LogP contribution in [0.5, 0.6) is 5.75 Å². The van der Waals surface area contributed by atoms with Gasteiger partial charge in [0.25, 0.3) is 5.56 Å². The molecule has 134 valence electrons. The molecule has 0 aliphatic rings. The van der Waals surface area contributed by atoms with Crippen molar-refractivity contribution in [2.75, 3.05) is 0 Å². The number of benzene rings is 2. The summed E-state index contributed by atoms with van der Waals surface area (Å²) in [7, 11) is 0. The van der Waals surface area contributed by atoms with Gasteiger partial charge in [0.1, 0.15) is 5.75 Å². The number of aryl methyl sites for hydroxylation is 1. The molecule has 0 unspecified atom stereocenters. The standard InChI is InChI=1S/C22H24N2O2/c1-2-5-17(23)7-3-6-15-10-12-16(13-11-15)19-14-24-22(26)18-8-4-9-20(25)21(18)19/h4,8-14,23,25H,2-3,5-7H2,1H3,(H,24,26). The lowest BCUT2D eigenvalue weighted by Crippen LogP contribution is -2.05. The highest BCUT2D eigenvalue weighted by Crippen LogP contribution is 2.32. The molecule has 1 heterocycles. The molecule has 0 atom stereocenters. The molecular weight excluding hydrogens is 324 g/mol. The number of H-pyrrole nitrogens is 1. The maximum atomic E-state index is 12.0. The van der Waals surface area contributed by atoms with E-state index in [2.05, 4.69) is 24.0 Å². The highest BCUT2D eigenvalue weighted by molar-refractivity contribution is 5.99. The van der Waals surface area contributed by atoms with Crippen LogP contribution in [0, 0.1) is 5.41 Å². The van der Waals surface area contributed by atoms with E-state index in [9.17, 15) is 9.90 Å². The van der Waals surface area contributed by atoms with Crippen LogP contribution in [0.1, 0.15) is 38.2 Å². The molecule has 0 saturated heterocycles. The Hall–Kier alpha value is -2.88. The van der Waals surface area contributed by atoms with Crippen molar-refractivity contribution in [1.29, 1.82) is 5.41 Å². The van der Waals surface area contributed by atoms with Crippen LogP contribution in [-0.2, 0) is 6.42 Å². The maximum absolute atomic E-state index is 12.0. The van der Waals surface area contributed by atoms with Gasteiger partial charge in [-0.15, -0.1) is 0 Å².